The van der Waals surface area contributed by atoms with Crippen molar-refractivity contribution in [2.24, 2.45) is 0 Å². The normalized spacial score (nSPS) is 10.1. The second-order valence-electron chi connectivity index (χ2n) is 4.35. The van der Waals surface area contributed by atoms with Crippen molar-refractivity contribution in [1.29, 1.82) is 0 Å². The number of methoxy groups -OCH3 is 1. The summed E-state index contributed by atoms with van der Waals surface area (Å²) in [4.78, 5) is 11.5. The molecule has 0 unspecified atom stereocenters. The van der Waals surface area contributed by atoms with Crippen LogP contribution in [0.2, 0.25) is 0 Å². The van der Waals surface area contributed by atoms with Crippen molar-refractivity contribution in [3.05, 3.63) is 23.8 Å². The molecule has 0 radical (unpaired) electrons. The van der Waals surface area contributed by atoms with Gasteiger partial charge in [-0.15, -0.1) is 0 Å². The predicted octanol–water partition coefficient (Wildman–Crippen LogP) is 3.01. The molecule has 1 aromatic rings. The van der Waals surface area contributed by atoms with Crippen LogP contribution in [0, 0.1) is 0 Å². The highest BCUT2D eigenvalue weighted by Gasteiger charge is 2.09. The van der Waals surface area contributed by atoms with E-state index in [1.165, 1.54) is 19.3 Å². The van der Waals surface area contributed by atoms with E-state index in [4.69, 9.17) is 9.47 Å². The zero-order chi connectivity index (χ0) is 14.1. The molecule has 1 rings (SSSR count). The van der Waals surface area contributed by atoms with Gasteiger partial charge in [0, 0.05) is 12.6 Å². The number of nitrogens with one attached hydrogen (secondary N) is 1. The number of carbonyl (C=O) groups excluding carboxylic acids is 1. The molecular weight excluding hydrogens is 242 g/mol. The first-order chi connectivity index (χ1) is 9.22. The van der Waals surface area contributed by atoms with Gasteiger partial charge in [0.25, 0.3) is 5.91 Å². The number of rotatable bonds is 8. The minimum Gasteiger partial charge on any atom is -0.493 e. The molecule has 0 aliphatic rings. The number of unbranched alkanes of at least 4 members (excludes halogenated alkanes) is 3. The van der Waals surface area contributed by atoms with Crippen LogP contribution >= 0.6 is 0 Å². The first-order valence-corrected chi connectivity index (χ1v) is 6.75. The SMILES string of the molecule is CCCCCCOc1ccc(C(=O)NC)cc1OC. The molecule has 0 heterocycles. The topological polar surface area (TPSA) is 47.6 Å². The molecule has 19 heavy (non-hydrogen) atoms. The van der Waals surface area contributed by atoms with Crippen LogP contribution in [0.5, 0.6) is 11.5 Å². The molecule has 1 aromatic carbocycles. The molecule has 0 aliphatic carbocycles. The maximum atomic E-state index is 11.5. The Labute approximate surface area is 115 Å². The maximum Gasteiger partial charge on any atom is 0.251 e. The Morgan fingerprint density at radius 2 is 2.00 bits per heavy atom. The highest BCUT2D eigenvalue weighted by molar-refractivity contribution is 5.94. The van der Waals surface area contributed by atoms with Crippen LogP contribution in [0.4, 0.5) is 0 Å². The van der Waals surface area contributed by atoms with Crippen molar-refractivity contribution < 1.29 is 14.3 Å². The molecule has 0 aliphatic heterocycles. The summed E-state index contributed by atoms with van der Waals surface area (Å²) in [5.74, 6) is 1.15. The molecule has 1 amide bonds. The van der Waals surface area contributed by atoms with Gasteiger partial charge in [-0.25, -0.2) is 0 Å². The van der Waals surface area contributed by atoms with Gasteiger partial charge in [-0.2, -0.15) is 0 Å². The van der Waals surface area contributed by atoms with Gasteiger partial charge in [0.1, 0.15) is 0 Å². The van der Waals surface area contributed by atoms with Crippen molar-refractivity contribution >= 4 is 5.91 Å². The molecule has 4 nitrogen and oxygen atoms in total. The minimum absolute atomic E-state index is 0.132. The van der Waals surface area contributed by atoms with E-state index in [2.05, 4.69) is 12.2 Å². The van der Waals surface area contributed by atoms with E-state index >= 15 is 0 Å². The summed E-state index contributed by atoms with van der Waals surface area (Å²) in [5.41, 5.74) is 0.567. The Kier molecular flexibility index (Phi) is 6.79. The van der Waals surface area contributed by atoms with Crippen LogP contribution in [-0.2, 0) is 0 Å². The molecule has 1 N–H and O–H groups in total. The maximum absolute atomic E-state index is 11.5. The second kappa shape index (κ2) is 8.40. The third-order valence-electron chi connectivity index (χ3n) is 2.91. The van der Waals surface area contributed by atoms with E-state index in [0.29, 0.717) is 23.7 Å². The van der Waals surface area contributed by atoms with Crippen LogP contribution in [0.3, 0.4) is 0 Å². The number of benzene rings is 1. The number of carbonyl (C=O) groups is 1. The molecule has 0 saturated carbocycles. The summed E-state index contributed by atoms with van der Waals surface area (Å²) in [6.07, 6.45) is 4.66. The van der Waals surface area contributed by atoms with Crippen molar-refractivity contribution in [1.82, 2.24) is 5.32 Å². The highest BCUT2D eigenvalue weighted by atomic mass is 16.5. The van der Waals surface area contributed by atoms with E-state index < -0.39 is 0 Å². The van der Waals surface area contributed by atoms with Gasteiger partial charge in [-0.3, -0.25) is 4.79 Å². The van der Waals surface area contributed by atoms with Gasteiger partial charge in [0.15, 0.2) is 11.5 Å². The summed E-state index contributed by atoms with van der Waals surface area (Å²) >= 11 is 0. The number of amides is 1. The van der Waals surface area contributed by atoms with Crippen molar-refractivity contribution in [3.63, 3.8) is 0 Å². The standard InChI is InChI=1S/C15H23NO3/c1-4-5-6-7-10-19-13-9-8-12(15(17)16-2)11-14(13)18-3/h8-9,11H,4-7,10H2,1-3H3,(H,16,17). The number of ether oxygens (including phenoxy) is 2. The Hall–Kier alpha value is -1.71. The summed E-state index contributed by atoms with van der Waals surface area (Å²) in [5, 5.41) is 2.58. The first kappa shape index (κ1) is 15.3. The zero-order valence-electron chi connectivity index (χ0n) is 12.0. The second-order valence-corrected chi connectivity index (χ2v) is 4.35. The predicted molar refractivity (Wildman–Crippen MR) is 76.0 cm³/mol. The fraction of sp³-hybridized carbons (Fsp3) is 0.533. The van der Waals surface area contributed by atoms with Gasteiger partial charge in [0.2, 0.25) is 0 Å². The molecule has 0 aromatic heterocycles. The van der Waals surface area contributed by atoms with Crippen molar-refractivity contribution in [2.45, 2.75) is 32.6 Å². The van der Waals surface area contributed by atoms with Crippen LogP contribution in [0.15, 0.2) is 18.2 Å². The quantitative estimate of drug-likeness (QED) is 0.735. The van der Waals surface area contributed by atoms with Crippen LogP contribution in [-0.4, -0.2) is 26.7 Å². The molecule has 0 atom stereocenters. The first-order valence-electron chi connectivity index (χ1n) is 6.75. The zero-order valence-corrected chi connectivity index (χ0v) is 12.0. The summed E-state index contributed by atoms with van der Waals surface area (Å²) in [6, 6.07) is 5.21. The number of hydrogen-bond acceptors (Lipinski definition) is 3. The van der Waals surface area contributed by atoms with Gasteiger partial charge < -0.3 is 14.8 Å². The lowest BCUT2D eigenvalue weighted by Crippen LogP contribution is -2.17. The average molecular weight is 265 g/mol. The molecule has 0 spiro atoms. The Balaban J connectivity index is 2.60. The van der Waals surface area contributed by atoms with Crippen molar-refractivity contribution in [3.8, 4) is 11.5 Å². The van der Waals surface area contributed by atoms with Gasteiger partial charge >= 0.3 is 0 Å². The largest absolute Gasteiger partial charge is 0.493 e. The fourth-order valence-electron chi connectivity index (χ4n) is 1.78. The highest BCUT2D eigenvalue weighted by Crippen LogP contribution is 2.28. The van der Waals surface area contributed by atoms with E-state index in [-0.39, 0.29) is 5.91 Å². The third-order valence-corrected chi connectivity index (χ3v) is 2.91. The summed E-state index contributed by atoms with van der Waals surface area (Å²) < 4.78 is 10.9. The Morgan fingerprint density at radius 3 is 2.63 bits per heavy atom. The van der Waals surface area contributed by atoms with Gasteiger partial charge in [-0.1, -0.05) is 26.2 Å². The van der Waals surface area contributed by atoms with Crippen molar-refractivity contribution in [2.75, 3.05) is 20.8 Å². The lowest BCUT2D eigenvalue weighted by Gasteiger charge is -2.11. The van der Waals surface area contributed by atoms with Gasteiger partial charge in [0.05, 0.1) is 13.7 Å². The smallest absolute Gasteiger partial charge is 0.251 e. The van der Waals surface area contributed by atoms with Crippen LogP contribution in [0.25, 0.3) is 0 Å². The lowest BCUT2D eigenvalue weighted by molar-refractivity contribution is 0.0962. The van der Waals surface area contributed by atoms with Gasteiger partial charge in [-0.05, 0) is 24.6 Å². The molecule has 0 bridgehead atoms. The molecule has 0 saturated heterocycles. The summed E-state index contributed by atoms with van der Waals surface area (Å²) in [7, 11) is 3.18. The fourth-order valence-corrected chi connectivity index (χ4v) is 1.78. The summed E-state index contributed by atoms with van der Waals surface area (Å²) in [6.45, 7) is 2.86. The molecule has 0 fully saturated rings. The van der Waals surface area contributed by atoms with Crippen LogP contribution in [0.1, 0.15) is 43.0 Å². The molecule has 106 valence electrons. The van der Waals surface area contributed by atoms with E-state index in [0.717, 1.165) is 6.42 Å². The molecule has 4 heteroatoms. The minimum atomic E-state index is -0.132. The van der Waals surface area contributed by atoms with E-state index in [9.17, 15) is 4.79 Å². The van der Waals surface area contributed by atoms with E-state index in [1.54, 1.807) is 32.4 Å². The van der Waals surface area contributed by atoms with E-state index in [1.807, 2.05) is 0 Å². The Morgan fingerprint density at radius 1 is 1.21 bits per heavy atom. The lowest BCUT2D eigenvalue weighted by atomic mass is 10.2. The average Bonchev–Trinajstić information content (AvgIpc) is 2.46. The number of hydrogen-bond donors (Lipinski definition) is 1. The third kappa shape index (κ3) is 4.81. The monoisotopic (exact) mass is 265 g/mol. The van der Waals surface area contributed by atoms with Crippen LogP contribution < -0.4 is 14.8 Å². The Bertz CT molecular complexity index is 404. The molecular formula is C15H23NO3.